The van der Waals surface area contributed by atoms with Gasteiger partial charge in [-0.1, -0.05) is 30.5 Å². The number of halogens is 1. The maximum Gasteiger partial charge on any atom is 0.0494 e. The Bertz CT molecular complexity index is 439. The van der Waals surface area contributed by atoms with Gasteiger partial charge in [-0.05, 0) is 49.7 Å². The van der Waals surface area contributed by atoms with Crippen LogP contribution in [-0.2, 0) is 5.88 Å². The fraction of sp³-hybridized carbons (Fsp3) is 0.647. The van der Waals surface area contributed by atoms with Gasteiger partial charge in [-0.2, -0.15) is 0 Å². The third-order valence-electron chi connectivity index (χ3n) is 5.21. The summed E-state index contributed by atoms with van der Waals surface area (Å²) in [4.78, 5) is 2.56. The normalized spacial score (nSPS) is 22.1. The first-order chi connectivity index (χ1) is 9.22. The minimum absolute atomic E-state index is 0.624. The second kappa shape index (κ2) is 5.36. The van der Waals surface area contributed by atoms with Crippen molar-refractivity contribution in [2.75, 3.05) is 18.0 Å². The predicted molar refractivity (Wildman–Crippen MR) is 83.1 cm³/mol. The summed E-state index contributed by atoms with van der Waals surface area (Å²) < 4.78 is 0. The third kappa shape index (κ3) is 2.63. The highest BCUT2D eigenvalue weighted by molar-refractivity contribution is 6.17. The van der Waals surface area contributed by atoms with Crippen LogP contribution < -0.4 is 4.90 Å². The highest BCUT2D eigenvalue weighted by Gasteiger charge is 2.37. The Morgan fingerprint density at radius 1 is 1.11 bits per heavy atom. The van der Waals surface area contributed by atoms with E-state index >= 15 is 0 Å². The minimum atomic E-state index is 0.624. The van der Waals surface area contributed by atoms with Crippen LogP contribution in [0.2, 0.25) is 0 Å². The van der Waals surface area contributed by atoms with Gasteiger partial charge >= 0.3 is 0 Å². The molecule has 0 amide bonds. The number of aryl methyl sites for hydroxylation is 1. The van der Waals surface area contributed by atoms with E-state index in [0.29, 0.717) is 11.3 Å². The summed E-state index contributed by atoms with van der Waals surface area (Å²) in [5.41, 5.74) is 4.67. The van der Waals surface area contributed by atoms with Crippen LogP contribution >= 0.6 is 11.6 Å². The number of hydrogen-bond acceptors (Lipinski definition) is 1. The number of benzene rings is 1. The molecule has 2 heteroatoms. The molecule has 0 unspecified atom stereocenters. The summed E-state index contributed by atoms with van der Waals surface area (Å²) in [6.45, 7) is 4.57. The summed E-state index contributed by atoms with van der Waals surface area (Å²) in [6, 6.07) is 6.72. The van der Waals surface area contributed by atoms with Crippen LogP contribution in [0, 0.1) is 12.3 Å². The Morgan fingerprint density at radius 2 is 1.79 bits per heavy atom. The number of rotatable bonds is 2. The van der Waals surface area contributed by atoms with Crippen LogP contribution in [0.15, 0.2) is 18.2 Å². The molecule has 104 valence electrons. The van der Waals surface area contributed by atoms with E-state index in [2.05, 4.69) is 30.0 Å². The summed E-state index contributed by atoms with van der Waals surface area (Å²) >= 11 is 6.12. The molecule has 1 aromatic carbocycles. The highest BCUT2D eigenvalue weighted by atomic mass is 35.5. The molecular weight excluding hydrogens is 254 g/mol. The molecule has 0 aromatic heterocycles. The van der Waals surface area contributed by atoms with Gasteiger partial charge in [-0.25, -0.2) is 0 Å². The molecule has 2 aliphatic rings. The maximum atomic E-state index is 6.12. The summed E-state index contributed by atoms with van der Waals surface area (Å²) in [6.07, 6.45) is 8.61. The molecule has 0 bridgehead atoms. The van der Waals surface area contributed by atoms with Crippen molar-refractivity contribution in [3.8, 4) is 0 Å². The van der Waals surface area contributed by atoms with Gasteiger partial charge < -0.3 is 4.90 Å². The van der Waals surface area contributed by atoms with Crippen LogP contribution in [0.5, 0.6) is 0 Å². The van der Waals surface area contributed by atoms with Crippen LogP contribution in [0.4, 0.5) is 5.69 Å². The first-order valence-corrected chi connectivity index (χ1v) is 8.16. The zero-order chi connectivity index (χ0) is 13.3. The molecule has 1 aliphatic carbocycles. The Kier molecular flexibility index (Phi) is 3.75. The van der Waals surface area contributed by atoms with Crippen molar-refractivity contribution in [2.45, 2.75) is 51.3 Å². The van der Waals surface area contributed by atoms with Gasteiger partial charge in [0.2, 0.25) is 0 Å². The average Bonchev–Trinajstić information content (AvgIpc) is 2.88. The first-order valence-electron chi connectivity index (χ1n) is 7.63. The molecule has 0 N–H and O–H groups in total. The molecule has 1 saturated carbocycles. The van der Waals surface area contributed by atoms with Crippen LogP contribution in [0.1, 0.15) is 49.7 Å². The molecular formula is C17H24ClN. The molecule has 1 aliphatic heterocycles. The predicted octanol–water partition coefficient (Wildman–Crippen LogP) is 4.89. The Hall–Kier alpha value is -0.690. The second-order valence-electron chi connectivity index (χ2n) is 6.46. The molecule has 0 atom stereocenters. The van der Waals surface area contributed by atoms with Crippen LogP contribution in [0.25, 0.3) is 0 Å². The van der Waals surface area contributed by atoms with Gasteiger partial charge in [-0.15, -0.1) is 11.6 Å². The fourth-order valence-electron chi connectivity index (χ4n) is 3.98. The third-order valence-corrected chi connectivity index (χ3v) is 5.50. The lowest BCUT2D eigenvalue weighted by Gasteiger charge is -2.41. The minimum Gasteiger partial charge on any atom is -0.371 e. The number of hydrogen-bond donors (Lipinski definition) is 0. The van der Waals surface area contributed by atoms with E-state index in [1.165, 1.54) is 68.4 Å². The smallest absolute Gasteiger partial charge is 0.0494 e. The molecule has 0 radical (unpaired) electrons. The largest absolute Gasteiger partial charge is 0.371 e. The SMILES string of the molecule is Cc1ccc(N2CCC3(CCCC3)CC2)c(CCl)c1. The van der Waals surface area contributed by atoms with Crippen molar-refractivity contribution in [1.29, 1.82) is 0 Å². The zero-order valence-electron chi connectivity index (χ0n) is 11.9. The van der Waals surface area contributed by atoms with Gasteiger partial charge in [0.15, 0.2) is 0 Å². The lowest BCUT2D eigenvalue weighted by Crippen LogP contribution is -2.39. The van der Waals surface area contributed by atoms with Crippen molar-refractivity contribution in [3.63, 3.8) is 0 Å². The molecule has 2 fully saturated rings. The van der Waals surface area contributed by atoms with Gasteiger partial charge in [0.25, 0.3) is 0 Å². The highest BCUT2D eigenvalue weighted by Crippen LogP contribution is 2.46. The summed E-state index contributed by atoms with van der Waals surface area (Å²) in [5, 5.41) is 0. The molecule has 1 heterocycles. The summed E-state index contributed by atoms with van der Waals surface area (Å²) in [7, 11) is 0. The first kappa shape index (κ1) is 13.3. The average molecular weight is 278 g/mol. The zero-order valence-corrected chi connectivity index (χ0v) is 12.7. The van der Waals surface area contributed by atoms with E-state index in [0.717, 1.165) is 0 Å². The van der Waals surface area contributed by atoms with E-state index in [9.17, 15) is 0 Å². The quantitative estimate of drug-likeness (QED) is 0.696. The number of alkyl halides is 1. The van der Waals surface area contributed by atoms with Crippen molar-refractivity contribution >= 4 is 17.3 Å². The second-order valence-corrected chi connectivity index (χ2v) is 6.73. The van der Waals surface area contributed by atoms with E-state index < -0.39 is 0 Å². The van der Waals surface area contributed by atoms with Crippen molar-refractivity contribution < 1.29 is 0 Å². The Balaban J connectivity index is 1.74. The van der Waals surface area contributed by atoms with E-state index in [4.69, 9.17) is 11.6 Å². The monoisotopic (exact) mass is 277 g/mol. The van der Waals surface area contributed by atoms with Gasteiger partial charge in [0.1, 0.15) is 0 Å². The molecule has 19 heavy (non-hydrogen) atoms. The lowest BCUT2D eigenvalue weighted by atomic mass is 9.77. The summed E-state index contributed by atoms with van der Waals surface area (Å²) in [5.74, 6) is 0.624. The molecule has 1 aromatic rings. The van der Waals surface area contributed by atoms with Gasteiger partial charge in [0, 0.05) is 24.7 Å². The standard InChI is InChI=1S/C17H24ClN/c1-14-4-5-16(15(12-14)13-18)19-10-8-17(9-11-19)6-2-3-7-17/h4-5,12H,2-3,6-11,13H2,1H3. The number of nitrogens with zero attached hydrogens (tertiary/aromatic N) is 1. The molecule has 1 nitrogen and oxygen atoms in total. The number of anilines is 1. The van der Waals surface area contributed by atoms with Crippen LogP contribution in [0.3, 0.4) is 0 Å². The van der Waals surface area contributed by atoms with E-state index in [-0.39, 0.29) is 0 Å². The number of piperidine rings is 1. The maximum absolute atomic E-state index is 6.12. The van der Waals surface area contributed by atoms with E-state index in [1.54, 1.807) is 0 Å². The van der Waals surface area contributed by atoms with Gasteiger partial charge in [0.05, 0.1) is 0 Å². The van der Waals surface area contributed by atoms with Crippen molar-refractivity contribution in [2.24, 2.45) is 5.41 Å². The van der Waals surface area contributed by atoms with E-state index in [1.807, 2.05) is 0 Å². The molecule has 1 saturated heterocycles. The Morgan fingerprint density at radius 3 is 2.42 bits per heavy atom. The fourth-order valence-corrected chi connectivity index (χ4v) is 4.19. The van der Waals surface area contributed by atoms with Crippen molar-refractivity contribution in [1.82, 2.24) is 0 Å². The van der Waals surface area contributed by atoms with Crippen LogP contribution in [-0.4, -0.2) is 13.1 Å². The van der Waals surface area contributed by atoms with Gasteiger partial charge in [-0.3, -0.25) is 0 Å². The lowest BCUT2D eigenvalue weighted by molar-refractivity contribution is 0.226. The van der Waals surface area contributed by atoms with Crippen molar-refractivity contribution in [3.05, 3.63) is 29.3 Å². The molecule has 3 rings (SSSR count). The topological polar surface area (TPSA) is 3.24 Å². The Labute approximate surface area is 121 Å². The molecule has 1 spiro atoms.